The molecule has 2 N–H and O–H groups in total. The van der Waals surface area contributed by atoms with Crippen molar-refractivity contribution in [2.24, 2.45) is 5.73 Å². The Morgan fingerprint density at radius 1 is 1.22 bits per heavy atom. The Morgan fingerprint density at radius 3 is 2.61 bits per heavy atom. The minimum atomic E-state index is -0.404. The van der Waals surface area contributed by atoms with Crippen LogP contribution in [0.25, 0.3) is 11.1 Å². The lowest BCUT2D eigenvalue weighted by Crippen LogP contribution is -2.00. The Balaban J connectivity index is 2.54. The van der Waals surface area contributed by atoms with E-state index in [1.807, 2.05) is 31.2 Å². The molecular weight excluding hydrogens is 228 g/mol. The fraction of sp³-hybridized carbons (Fsp3) is 0.143. The van der Waals surface area contributed by atoms with E-state index in [0.717, 1.165) is 22.3 Å². The Bertz CT molecular complexity index is 594. The van der Waals surface area contributed by atoms with Crippen molar-refractivity contribution in [1.29, 1.82) is 0 Å². The van der Waals surface area contributed by atoms with Crippen LogP contribution in [0.5, 0.6) is 0 Å². The fourth-order valence-electron chi connectivity index (χ4n) is 1.96. The summed E-state index contributed by atoms with van der Waals surface area (Å²) < 4.78 is 0. The number of nitrogens with two attached hydrogens (primary N) is 1. The summed E-state index contributed by atoms with van der Waals surface area (Å²) in [5, 5.41) is 10.7. The first-order valence-corrected chi connectivity index (χ1v) is 5.66. The second-order valence-electron chi connectivity index (χ2n) is 4.17. The van der Waals surface area contributed by atoms with Gasteiger partial charge in [-0.2, -0.15) is 0 Å². The molecule has 0 spiro atoms. The van der Waals surface area contributed by atoms with E-state index in [-0.39, 0.29) is 12.2 Å². The minimum Gasteiger partial charge on any atom is -0.326 e. The van der Waals surface area contributed by atoms with Gasteiger partial charge in [0.1, 0.15) is 0 Å². The van der Waals surface area contributed by atoms with Gasteiger partial charge in [-0.15, -0.1) is 0 Å². The Morgan fingerprint density at radius 2 is 2.00 bits per heavy atom. The summed E-state index contributed by atoms with van der Waals surface area (Å²) in [6.45, 7) is 2.29. The summed E-state index contributed by atoms with van der Waals surface area (Å²) in [6.07, 6.45) is 0. The molecule has 0 unspecified atom stereocenters. The molecule has 92 valence electrons. The van der Waals surface area contributed by atoms with Gasteiger partial charge in [0.25, 0.3) is 5.69 Å². The number of rotatable bonds is 3. The summed E-state index contributed by atoms with van der Waals surface area (Å²) in [5.41, 5.74) is 9.67. The number of nitrogens with zero attached hydrogens (tertiary/aromatic N) is 1. The van der Waals surface area contributed by atoms with Crippen LogP contribution in [-0.4, -0.2) is 4.92 Å². The van der Waals surface area contributed by atoms with Gasteiger partial charge >= 0.3 is 0 Å². The second-order valence-corrected chi connectivity index (χ2v) is 4.17. The van der Waals surface area contributed by atoms with E-state index >= 15 is 0 Å². The number of hydrogen-bond donors (Lipinski definition) is 1. The molecule has 0 bridgehead atoms. The van der Waals surface area contributed by atoms with Crippen LogP contribution < -0.4 is 5.73 Å². The quantitative estimate of drug-likeness (QED) is 0.664. The van der Waals surface area contributed by atoms with Gasteiger partial charge in [0.2, 0.25) is 0 Å². The lowest BCUT2D eigenvalue weighted by atomic mass is 9.98. The highest BCUT2D eigenvalue weighted by atomic mass is 16.6. The van der Waals surface area contributed by atoms with Gasteiger partial charge in [0, 0.05) is 18.7 Å². The van der Waals surface area contributed by atoms with Crippen LogP contribution in [0.15, 0.2) is 42.5 Å². The third-order valence-electron chi connectivity index (χ3n) is 2.85. The van der Waals surface area contributed by atoms with Crippen LogP contribution in [0.2, 0.25) is 0 Å². The van der Waals surface area contributed by atoms with Crippen LogP contribution in [0, 0.1) is 17.0 Å². The standard InChI is InChI=1S/C14H14N2O2/c1-10-3-2-4-11(7-10)14-6-5-13(16(17)18)8-12(14)9-15/h2-8H,9,15H2,1H3. The molecule has 0 saturated carbocycles. The molecule has 18 heavy (non-hydrogen) atoms. The van der Waals surface area contributed by atoms with Crippen LogP contribution >= 0.6 is 0 Å². The first-order valence-electron chi connectivity index (χ1n) is 5.66. The molecule has 2 aromatic carbocycles. The number of nitro groups is 1. The lowest BCUT2D eigenvalue weighted by Gasteiger charge is -2.08. The highest BCUT2D eigenvalue weighted by Crippen LogP contribution is 2.27. The number of benzene rings is 2. The van der Waals surface area contributed by atoms with Gasteiger partial charge in [-0.25, -0.2) is 0 Å². The van der Waals surface area contributed by atoms with E-state index in [4.69, 9.17) is 5.73 Å². The first kappa shape index (κ1) is 12.3. The van der Waals surface area contributed by atoms with Crippen molar-refractivity contribution in [3.8, 4) is 11.1 Å². The summed E-state index contributed by atoms with van der Waals surface area (Å²) in [5.74, 6) is 0. The molecule has 0 heterocycles. The van der Waals surface area contributed by atoms with Crippen LogP contribution in [0.4, 0.5) is 5.69 Å². The zero-order valence-electron chi connectivity index (χ0n) is 10.1. The predicted octanol–water partition coefficient (Wildman–Crippen LogP) is 3.03. The van der Waals surface area contributed by atoms with Crippen LogP contribution in [0.3, 0.4) is 0 Å². The maximum atomic E-state index is 10.7. The maximum Gasteiger partial charge on any atom is 0.269 e. The molecule has 0 aromatic heterocycles. The Hall–Kier alpha value is -2.20. The molecule has 4 heteroatoms. The van der Waals surface area contributed by atoms with E-state index < -0.39 is 4.92 Å². The van der Waals surface area contributed by atoms with Crippen LogP contribution in [-0.2, 0) is 6.54 Å². The zero-order chi connectivity index (χ0) is 13.1. The SMILES string of the molecule is Cc1cccc(-c2ccc([N+](=O)[O-])cc2CN)c1. The largest absolute Gasteiger partial charge is 0.326 e. The molecule has 2 rings (SSSR count). The summed E-state index contributed by atoms with van der Waals surface area (Å²) in [7, 11) is 0. The molecule has 0 aliphatic rings. The predicted molar refractivity (Wildman–Crippen MR) is 71.2 cm³/mol. The third kappa shape index (κ3) is 2.38. The number of nitro benzene ring substituents is 1. The lowest BCUT2D eigenvalue weighted by molar-refractivity contribution is -0.384. The fourth-order valence-corrected chi connectivity index (χ4v) is 1.96. The van der Waals surface area contributed by atoms with E-state index in [9.17, 15) is 10.1 Å². The summed E-state index contributed by atoms with van der Waals surface area (Å²) >= 11 is 0. The Labute approximate surface area is 105 Å². The van der Waals surface area contributed by atoms with Crippen molar-refractivity contribution in [2.75, 3.05) is 0 Å². The Kier molecular flexibility index (Phi) is 3.39. The minimum absolute atomic E-state index is 0.0758. The monoisotopic (exact) mass is 242 g/mol. The number of hydrogen-bond acceptors (Lipinski definition) is 3. The van der Waals surface area contributed by atoms with Crippen molar-refractivity contribution in [3.63, 3.8) is 0 Å². The summed E-state index contributed by atoms with van der Waals surface area (Å²) in [6, 6.07) is 12.8. The smallest absolute Gasteiger partial charge is 0.269 e. The highest BCUT2D eigenvalue weighted by Gasteiger charge is 2.11. The molecule has 0 radical (unpaired) electrons. The third-order valence-corrected chi connectivity index (χ3v) is 2.85. The molecule has 0 atom stereocenters. The molecular formula is C14H14N2O2. The van der Waals surface area contributed by atoms with E-state index in [0.29, 0.717) is 0 Å². The topological polar surface area (TPSA) is 69.2 Å². The van der Waals surface area contributed by atoms with Gasteiger partial charge in [-0.3, -0.25) is 10.1 Å². The van der Waals surface area contributed by atoms with Crippen molar-refractivity contribution in [2.45, 2.75) is 13.5 Å². The molecule has 2 aromatic rings. The maximum absolute atomic E-state index is 10.7. The first-order chi connectivity index (χ1) is 8.61. The van der Waals surface area contributed by atoms with Crippen molar-refractivity contribution < 1.29 is 4.92 Å². The van der Waals surface area contributed by atoms with Crippen LogP contribution in [0.1, 0.15) is 11.1 Å². The van der Waals surface area contributed by atoms with Crippen molar-refractivity contribution in [1.82, 2.24) is 0 Å². The van der Waals surface area contributed by atoms with E-state index in [1.165, 1.54) is 12.1 Å². The molecule has 0 aliphatic heterocycles. The number of non-ortho nitro benzene ring substituents is 1. The zero-order valence-corrected chi connectivity index (χ0v) is 10.1. The van der Waals surface area contributed by atoms with E-state index in [2.05, 4.69) is 0 Å². The molecule has 0 fully saturated rings. The van der Waals surface area contributed by atoms with Gasteiger partial charge in [0.05, 0.1) is 4.92 Å². The normalized spacial score (nSPS) is 10.3. The highest BCUT2D eigenvalue weighted by molar-refractivity contribution is 5.69. The molecule has 0 aliphatic carbocycles. The molecule has 0 saturated heterocycles. The van der Waals surface area contributed by atoms with Gasteiger partial charge in [0.15, 0.2) is 0 Å². The van der Waals surface area contributed by atoms with Gasteiger partial charge in [-0.1, -0.05) is 29.8 Å². The second kappa shape index (κ2) is 4.98. The average Bonchev–Trinajstić information content (AvgIpc) is 2.37. The van der Waals surface area contributed by atoms with Gasteiger partial charge < -0.3 is 5.73 Å². The van der Waals surface area contributed by atoms with Gasteiger partial charge in [-0.05, 0) is 29.7 Å². The molecule has 4 nitrogen and oxygen atoms in total. The molecule has 0 amide bonds. The average molecular weight is 242 g/mol. The van der Waals surface area contributed by atoms with Crippen molar-refractivity contribution in [3.05, 3.63) is 63.7 Å². The van der Waals surface area contributed by atoms with Crippen molar-refractivity contribution >= 4 is 5.69 Å². The number of aryl methyl sites for hydroxylation is 1. The summed E-state index contributed by atoms with van der Waals surface area (Å²) in [4.78, 5) is 10.3. The van der Waals surface area contributed by atoms with E-state index in [1.54, 1.807) is 6.07 Å².